The van der Waals surface area contributed by atoms with Gasteiger partial charge in [0.15, 0.2) is 0 Å². The lowest BCUT2D eigenvalue weighted by Gasteiger charge is -2.22. The van der Waals surface area contributed by atoms with Crippen LogP contribution in [-0.4, -0.2) is 33.2 Å². The van der Waals surface area contributed by atoms with Gasteiger partial charge < -0.3 is 5.32 Å². The third kappa shape index (κ3) is 4.80. The van der Waals surface area contributed by atoms with E-state index in [0.29, 0.717) is 0 Å². The van der Waals surface area contributed by atoms with Crippen molar-refractivity contribution >= 4 is 21.6 Å². The van der Waals surface area contributed by atoms with E-state index in [1.54, 1.807) is 0 Å². The summed E-state index contributed by atoms with van der Waals surface area (Å²) < 4.78 is 37.3. The van der Waals surface area contributed by atoms with Crippen molar-refractivity contribution in [1.29, 1.82) is 0 Å². The Morgan fingerprint density at radius 1 is 1.35 bits per heavy atom. The van der Waals surface area contributed by atoms with Crippen LogP contribution in [0.3, 0.4) is 0 Å². The maximum Gasteiger partial charge on any atom is 0.240 e. The van der Waals surface area contributed by atoms with E-state index in [4.69, 9.17) is 0 Å². The van der Waals surface area contributed by atoms with Crippen LogP contribution in [0.4, 0.5) is 10.1 Å². The molecule has 1 amide bonds. The van der Waals surface area contributed by atoms with Gasteiger partial charge in [0.05, 0.1) is 11.9 Å². The summed E-state index contributed by atoms with van der Waals surface area (Å²) >= 11 is 0. The highest BCUT2D eigenvalue weighted by atomic mass is 32.2. The standard InChI is InChI=1S/C13H19FN2O3S/c1-4-10(2)15-13(17)9-16(20(3,18)19)12-7-5-11(14)6-8-12/h5-8,10H,4,9H2,1-3H3,(H,15,17)/t10-/m1/s1. The molecule has 0 fully saturated rings. The van der Waals surface area contributed by atoms with E-state index in [-0.39, 0.29) is 18.3 Å². The molecule has 0 aromatic heterocycles. The van der Waals surface area contributed by atoms with E-state index in [2.05, 4.69) is 5.32 Å². The number of benzene rings is 1. The molecular weight excluding hydrogens is 283 g/mol. The van der Waals surface area contributed by atoms with Crippen molar-refractivity contribution in [2.75, 3.05) is 17.1 Å². The fraction of sp³-hybridized carbons (Fsp3) is 0.462. The summed E-state index contributed by atoms with van der Waals surface area (Å²) in [5, 5.41) is 2.69. The fourth-order valence-electron chi connectivity index (χ4n) is 1.56. The van der Waals surface area contributed by atoms with Crippen molar-refractivity contribution in [3.05, 3.63) is 30.1 Å². The molecule has 1 N–H and O–H groups in total. The first kappa shape index (κ1) is 16.4. The van der Waals surface area contributed by atoms with Gasteiger partial charge in [0, 0.05) is 6.04 Å². The van der Waals surface area contributed by atoms with Crippen molar-refractivity contribution in [3.8, 4) is 0 Å². The molecule has 0 aliphatic heterocycles. The first-order valence-electron chi connectivity index (χ1n) is 6.26. The van der Waals surface area contributed by atoms with Crippen LogP contribution in [0.5, 0.6) is 0 Å². The number of carbonyl (C=O) groups is 1. The second-order valence-electron chi connectivity index (χ2n) is 4.62. The summed E-state index contributed by atoms with van der Waals surface area (Å²) in [6.45, 7) is 3.43. The summed E-state index contributed by atoms with van der Waals surface area (Å²) in [6, 6.07) is 4.93. The number of nitrogens with one attached hydrogen (secondary N) is 1. The molecule has 20 heavy (non-hydrogen) atoms. The Kier molecular flexibility index (Phi) is 5.50. The number of hydrogen-bond donors (Lipinski definition) is 1. The molecular formula is C13H19FN2O3S. The number of halogens is 1. The number of nitrogens with zero attached hydrogens (tertiary/aromatic N) is 1. The highest BCUT2D eigenvalue weighted by molar-refractivity contribution is 7.92. The van der Waals surface area contributed by atoms with Crippen LogP contribution in [0.2, 0.25) is 0 Å². The van der Waals surface area contributed by atoms with Crippen LogP contribution in [-0.2, 0) is 14.8 Å². The summed E-state index contributed by atoms with van der Waals surface area (Å²) in [6.07, 6.45) is 1.76. The predicted molar refractivity (Wildman–Crippen MR) is 76.5 cm³/mol. The Morgan fingerprint density at radius 2 is 1.90 bits per heavy atom. The normalized spacial score (nSPS) is 12.8. The first-order chi connectivity index (χ1) is 9.24. The summed E-state index contributed by atoms with van der Waals surface area (Å²) in [7, 11) is -3.62. The van der Waals surface area contributed by atoms with E-state index in [9.17, 15) is 17.6 Å². The van der Waals surface area contributed by atoms with Crippen LogP contribution in [0.25, 0.3) is 0 Å². The van der Waals surface area contributed by atoms with Gasteiger partial charge in [-0.2, -0.15) is 0 Å². The molecule has 1 aromatic carbocycles. The fourth-order valence-corrected chi connectivity index (χ4v) is 2.42. The van der Waals surface area contributed by atoms with E-state index >= 15 is 0 Å². The number of carbonyl (C=O) groups excluding carboxylic acids is 1. The van der Waals surface area contributed by atoms with Gasteiger partial charge in [-0.05, 0) is 37.6 Å². The SMILES string of the molecule is CC[C@@H](C)NC(=O)CN(c1ccc(F)cc1)S(C)(=O)=O. The van der Waals surface area contributed by atoms with Gasteiger partial charge in [0.1, 0.15) is 12.4 Å². The molecule has 0 bridgehead atoms. The van der Waals surface area contributed by atoms with Crippen LogP contribution in [0.1, 0.15) is 20.3 Å². The molecule has 0 spiro atoms. The predicted octanol–water partition coefficient (Wildman–Crippen LogP) is 1.51. The van der Waals surface area contributed by atoms with Crippen LogP contribution in [0, 0.1) is 5.82 Å². The highest BCUT2D eigenvalue weighted by Gasteiger charge is 2.21. The molecule has 1 aromatic rings. The van der Waals surface area contributed by atoms with Crippen molar-refractivity contribution in [2.24, 2.45) is 0 Å². The third-order valence-electron chi connectivity index (χ3n) is 2.82. The Balaban J connectivity index is 2.92. The molecule has 0 radical (unpaired) electrons. The lowest BCUT2D eigenvalue weighted by atomic mass is 10.2. The van der Waals surface area contributed by atoms with Crippen LogP contribution < -0.4 is 9.62 Å². The van der Waals surface area contributed by atoms with Crippen molar-refractivity contribution in [3.63, 3.8) is 0 Å². The monoisotopic (exact) mass is 302 g/mol. The Bertz CT molecular complexity index is 557. The zero-order valence-corrected chi connectivity index (χ0v) is 12.6. The lowest BCUT2D eigenvalue weighted by molar-refractivity contribution is -0.120. The number of rotatable bonds is 6. The van der Waals surface area contributed by atoms with Gasteiger partial charge in [-0.25, -0.2) is 12.8 Å². The minimum absolute atomic E-state index is 0.0304. The van der Waals surface area contributed by atoms with Gasteiger partial charge in [0.2, 0.25) is 15.9 Å². The zero-order chi connectivity index (χ0) is 15.3. The lowest BCUT2D eigenvalue weighted by Crippen LogP contribution is -2.43. The molecule has 1 rings (SSSR count). The topological polar surface area (TPSA) is 66.5 Å². The van der Waals surface area contributed by atoms with Gasteiger partial charge in [-0.3, -0.25) is 9.10 Å². The number of hydrogen-bond acceptors (Lipinski definition) is 3. The molecule has 0 saturated carbocycles. The average molecular weight is 302 g/mol. The third-order valence-corrected chi connectivity index (χ3v) is 3.96. The van der Waals surface area contributed by atoms with E-state index < -0.39 is 21.7 Å². The Morgan fingerprint density at radius 3 is 2.35 bits per heavy atom. The minimum Gasteiger partial charge on any atom is -0.352 e. The second kappa shape index (κ2) is 6.69. The molecule has 7 heteroatoms. The Labute approximate surface area is 118 Å². The summed E-state index contributed by atoms with van der Waals surface area (Å²) in [5.41, 5.74) is 0.258. The smallest absolute Gasteiger partial charge is 0.240 e. The molecule has 5 nitrogen and oxygen atoms in total. The molecule has 0 aliphatic carbocycles. The maximum absolute atomic E-state index is 12.9. The molecule has 0 saturated heterocycles. The van der Waals surface area contributed by atoms with Gasteiger partial charge in [-0.1, -0.05) is 6.92 Å². The first-order valence-corrected chi connectivity index (χ1v) is 8.11. The molecule has 0 aliphatic rings. The Hall–Kier alpha value is -1.63. The van der Waals surface area contributed by atoms with Crippen molar-refractivity contribution in [1.82, 2.24) is 5.32 Å². The molecule has 0 heterocycles. The van der Waals surface area contributed by atoms with Gasteiger partial charge in [0.25, 0.3) is 0 Å². The van der Waals surface area contributed by atoms with Crippen LogP contribution >= 0.6 is 0 Å². The maximum atomic E-state index is 12.9. The largest absolute Gasteiger partial charge is 0.352 e. The second-order valence-corrected chi connectivity index (χ2v) is 6.53. The quantitative estimate of drug-likeness (QED) is 0.866. The van der Waals surface area contributed by atoms with Crippen LogP contribution in [0.15, 0.2) is 24.3 Å². The van der Waals surface area contributed by atoms with E-state index in [1.807, 2.05) is 13.8 Å². The van der Waals surface area contributed by atoms with Gasteiger partial charge >= 0.3 is 0 Å². The number of amides is 1. The average Bonchev–Trinajstić information content (AvgIpc) is 2.36. The van der Waals surface area contributed by atoms with E-state index in [0.717, 1.165) is 29.1 Å². The van der Waals surface area contributed by atoms with E-state index in [1.165, 1.54) is 12.1 Å². The highest BCUT2D eigenvalue weighted by Crippen LogP contribution is 2.17. The molecule has 1 atom stereocenters. The number of sulfonamides is 1. The molecule has 0 unspecified atom stereocenters. The summed E-state index contributed by atoms with van der Waals surface area (Å²) in [5.74, 6) is -0.861. The summed E-state index contributed by atoms with van der Waals surface area (Å²) in [4.78, 5) is 11.8. The number of anilines is 1. The van der Waals surface area contributed by atoms with Crippen molar-refractivity contribution in [2.45, 2.75) is 26.3 Å². The zero-order valence-electron chi connectivity index (χ0n) is 11.8. The van der Waals surface area contributed by atoms with Crippen molar-refractivity contribution < 1.29 is 17.6 Å². The van der Waals surface area contributed by atoms with Gasteiger partial charge in [-0.15, -0.1) is 0 Å². The minimum atomic E-state index is -3.62. The molecule has 112 valence electrons.